The highest BCUT2D eigenvalue weighted by Crippen LogP contribution is 2.39. The van der Waals surface area contributed by atoms with Gasteiger partial charge in [0.1, 0.15) is 5.60 Å². The third-order valence-corrected chi connectivity index (χ3v) is 7.37. The van der Waals surface area contributed by atoms with Crippen molar-refractivity contribution in [1.29, 1.82) is 0 Å². The van der Waals surface area contributed by atoms with Gasteiger partial charge in [-0.05, 0) is 63.0 Å². The van der Waals surface area contributed by atoms with E-state index in [-0.39, 0.29) is 16.4 Å². The van der Waals surface area contributed by atoms with E-state index in [1.165, 1.54) is 31.4 Å². The molecule has 0 radical (unpaired) electrons. The predicted molar refractivity (Wildman–Crippen MR) is 105 cm³/mol. The summed E-state index contributed by atoms with van der Waals surface area (Å²) in [5, 5.41) is 5.15. The molecule has 2 saturated heterocycles. The van der Waals surface area contributed by atoms with Gasteiger partial charge in [0.05, 0.1) is 18.0 Å². The number of carbonyl (C=O) groups excluding carboxylic acids is 1. The van der Waals surface area contributed by atoms with Gasteiger partial charge in [0, 0.05) is 18.2 Å². The highest BCUT2D eigenvalue weighted by atomic mass is 32.2. The molecular weight excluding hydrogens is 378 g/mol. The second-order valence-corrected chi connectivity index (χ2v) is 9.78. The van der Waals surface area contributed by atoms with Gasteiger partial charge in [-0.2, -0.15) is 0 Å². The summed E-state index contributed by atoms with van der Waals surface area (Å²) < 4.78 is 29.3. The Bertz CT molecular complexity index is 816. The summed E-state index contributed by atoms with van der Waals surface area (Å²) in [4.78, 5) is 17.6. The van der Waals surface area contributed by atoms with Crippen molar-refractivity contribution >= 4 is 15.9 Å². The number of sulfonamides is 1. The van der Waals surface area contributed by atoms with Crippen molar-refractivity contribution in [3.63, 3.8) is 0 Å². The molecule has 28 heavy (non-hydrogen) atoms. The summed E-state index contributed by atoms with van der Waals surface area (Å²) in [5.74, 6) is -0.0746. The lowest BCUT2D eigenvalue weighted by Gasteiger charge is -2.52. The molecule has 1 saturated carbocycles. The Balaban J connectivity index is 1.53. The minimum atomic E-state index is -3.76. The third-order valence-electron chi connectivity index (χ3n) is 6.44. The zero-order chi connectivity index (χ0) is 19.8. The van der Waals surface area contributed by atoms with Crippen molar-refractivity contribution in [1.82, 2.24) is 9.80 Å². The number of likely N-dealkylation sites (tertiary alicyclic amines) is 1. The van der Waals surface area contributed by atoms with E-state index in [1.54, 1.807) is 12.1 Å². The van der Waals surface area contributed by atoms with Crippen LogP contribution in [0.3, 0.4) is 0 Å². The molecule has 0 unspecified atom stereocenters. The van der Waals surface area contributed by atoms with Crippen LogP contribution in [0.1, 0.15) is 48.9 Å². The van der Waals surface area contributed by atoms with Crippen molar-refractivity contribution in [2.24, 2.45) is 5.14 Å². The molecule has 3 aliphatic rings. The molecule has 0 bridgehead atoms. The van der Waals surface area contributed by atoms with Crippen LogP contribution in [0.25, 0.3) is 0 Å². The zero-order valence-electron chi connectivity index (χ0n) is 16.2. The lowest BCUT2D eigenvalue weighted by molar-refractivity contribution is -0.156. The molecular formula is C20H29N3O4S. The minimum Gasteiger partial charge on any atom is -0.370 e. The summed E-state index contributed by atoms with van der Waals surface area (Å²) in [5.41, 5.74) is 0.204. The summed E-state index contributed by atoms with van der Waals surface area (Å²) >= 11 is 0. The van der Waals surface area contributed by atoms with Crippen LogP contribution >= 0.6 is 0 Å². The Hall–Kier alpha value is -1.48. The molecule has 1 amide bonds. The lowest BCUT2D eigenvalue weighted by atomic mass is 9.78. The normalized spacial score (nSPS) is 29.3. The molecule has 1 aromatic carbocycles. The van der Waals surface area contributed by atoms with Crippen LogP contribution in [0, 0.1) is 0 Å². The quantitative estimate of drug-likeness (QED) is 0.821. The number of nitrogens with zero attached hydrogens (tertiary/aromatic N) is 2. The van der Waals surface area contributed by atoms with Gasteiger partial charge in [-0.25, -0.2) is 13.6 Å². The van der Waals surface area contributed by atoms with E-state index in [9.17, 15) is 13.2 Å². The van der Waals surface area contributed by atoms with Gasteiger partial charge < -0.3 is 9.64 Å². The Morgan fingerprint density at radius 3 is 2.46 bits per heavy atom. The molecule has 8 heteroatoms. The number of rotatable bonds is 3. The fourth-order valence-electron chi connectivity index (χ4n) is 5.06. The molecule has 2 atom stereocenters. The minimum absolute atomic E-state index is 0.0175. The largest absolute Gasteiger partial charge is 0.370 e. The average molecular weight is 408 g/mol. The van der Waals surface area contributed by atoms with Gasteiger partial charge in [-0.15, -0.1) is 0 Å². The fraction of sp³-hybridized carbons (Fsp3) is 0.650. The molecule has 1 aromatic rings. The van der Waals surface area contributed by atoms with Crippen molar-refractivity contribution in [2.75, 3.05) is 32.8 Å². The molecule has 2 aliphatic heterocycles. The van der Waals surface area contributed by atoms with Crippen LogP contribution < -0.4 is 5.14 Å². The molecule has 1 spiro atoms. The molecule has 154 valence electrons. The van der Waals surface area contributed by atoms with E-state index in [0.717, 1.165) is 32.4 Å². The summed E-state index contributed by atoms with van der Waals surface area (Å²) in [7, 11) is -3.76. The van der Waals surface area contributed by atoms with Gasteiger partial charge in [0.25, 0.3) is 5.91 Å². The van der Waals surface area contributed by atoms with Gasteiger partial charge in [-0.3, -0.25) is 9.69 Å². The number of hydrogen-bond donors (Lipinski definition) is 1. The van der Waals surface area contributed by atoms with Crippen molar-refractivity contribution in [3.05, 3.63) is 29.8 Å². The Labute approximate surface area is 166 Å². The molecule has 7 nitrogen and oxygen atoms in total. The topological polar surface area (TPSA) is 92.9 Å². The number of hydrogen-bond acceptors (Lipinski definition) is 5. The summed E-state index contributed by atoms with van der Waals surface area (Å²) in [6, 6.07) is 6.26. The second-order valence-electron chi connectivity index (χ2n) is 8.21. The van der Waals surface area contributed by atoms with Crippen LogP contribution in [0.2, 0.25) is 0 Å². The fourth-order valence-corrected chi connectivity index (χ4v) is 5.58. The molecule has 3 fully saturated rings. The molecule has 4 rings (SSSR count). The highest BCUT2D eigenvalue weighted by Gasteiger charge is 2.48. The first-order valence-corrected chi connectivity index (χ1v) is 11.7. The average Bonchev–Trinajstić information content (AvgIpc) is 3.22. The first kappa shape index (κ1) is 19.8. The maximum absolute atomic E-state index is 13.1. The van der Waals surface area contributed by atoms with E-state index < -0.39 is 10.0 Å². The number of amides is 1. The van der Waals surface area contributed by atoms with E-state index >= 15 is 0 Å². The van der Waals surface area contributed by atoms with Gasteiger partial charge in [0.15, 0.2) is 0 Å². The van der Waals surface area contributed by atoms with Crippen LogP contribution in [0.15, 0.2) is 29.2 Å². The summed E-state index contributed by atoms with van der Waals surface area (Å²) in [6.07, 6.45) is 6.95. The van der Waals surface area contributed by atoms with Crippen molar-refractivity contribution < 1.29 is 17.9 Å². The summed E-state index contributed by atoms with van der Waals surface area (Å²) in [6.45, 7) is 3.96. The number of benzene rings is 1. The smallest absolute Gasteiger partial charge is 0.254 e. The Morgan fingerprint density at radius 2 is 1.79 bits per heavy atom. The number of carbonyl (C=O) groups is 1. The maximum Gasteiger partial charge on any atom is 0.254 e. The van der Waals surface area contributed by atoms with Crippen LogP contribution in [-0.2, 0) is 14.8 Å². The van der Waals surface area contributed by atoms with E-state index in [0.29, 0.717) is 31.3 Å². The van der Waals surface area contributed by atoms with Gasteiger partial charge in [0.2, 0.25) is 10.0 Å². The van der Waals surface area contributed by atoms with Crippen LogP contribution in [0.5, 0.6) is 0 Å². The number of ether oxygens (including phenoxy) is 1. The Morgan fingerprint density at radius 1 is 1.07 bits per heavy atom. The van der Waals surface area contributed by atoms with Crippen LogP contribution in [0.4, 0.5) is 0 Å². The first-order valence-electron chi connectivity index (χ1n) is 10.2. The maximum atomic E-state index is 13.1. The third kappa shape index (κ3) is 3.83. The van der Waals surface area contributed by atoms with E-state index in [4.69, 9.17) is 9.88 Å². The molecule has 1 aliphatic carbocycles. The van der Waals surface area contributed by atoms with Crippen molar-refractivity contribution in [2.45, 2.75) is 55.1 Å². The zero-order valence-corrected chi connectivity index (χ0v) is 17.0. The first-order chi connectivity index (χ1) is 13.4. The molecule has 2 N–H and O–H groups in total. The van der Waals surface area contributed by atoms with Crippen LogP contribution in [-0.4, -0.2) is 68.6 Å². The molecule has 2 heterocycles. The Kier molecular flexibility index (Phi) is 5.48. The second kappa shape index (κ2) is 7.74. The van der Waals surface area contributed by atoms with E-state index in [1.807, 2.05) is 4.90 Å². The number of morpholine rings is 1. The number of primary sulfonamides is 1. The van der Waals surface area contributed by atoms with Gasteiger partial charge in [-0.1, -0.05) is 12.8 Å². The lowest BCUT2D eigenvalue weighted by Crippen LogP contribution is -2.64. The standard InChI is InChI=1S/C20H29N3O4S/c21-28(25,26)17-8-6-16(7-9-17)19(24)23-13-14-27-20(15-23)10-2-1-5-18(20)22-11-3-4-12-22/h6-9,18H,1-5,10-15H2,(H2,21,25,26)/t18-,20+/m0/s1. The predicted octanol–water partition coefficient (Wildman–Crippen LogP) is 1.58. The van der Waals surface area contributed by atoms with Crippen molar-refractivity contribution in [3.8, 4) is 0 Å². The monoisotopic (exact) mass is 407 g/mol. The SMILES string of the molecule is NS(=O)(=O)c1ccc(C(=O)N2CCO[C@]3(CCCC[C@@H]3N3CCCC3)C2)cc1. The molecule has 0 aromatic heterocycles. The highest BCUT2D eigenvalue weighted by molar-refractivity contribution is 7.89. The van der Waals surface area contributed by atoms with Gasteiger partial charge >= 0.3 is 0 Å². The van der Waals surface area contributed by atoms with E-state index in [2.05, 4.69) is 4.90 Å². The number of nitrogens with two attached hydrogens (primary N) is 1.